The molecule has 0 unspecified atom stereocenters. The van der Waals surface area contributed by atoms with Crippen LogP contribution in [0, 0.1) is 4.77 Å². The van der Waals surface area contributed by atoms with Gasteiger partial charge in [-0.3, -0.25) is 9.67 Å². The van der Waals surface area contributed by atoms with Gasteiger partial charge in [0, 0.05) is 16.8 Å². The highest BCUT2D eigenvalue weighted by Crippen LogP contribution is 2.33. The normalized spacial score (nSPS) is 11.6. The van der Waals surface area contributed by atoms with Gasteiger partial charge in [0.1, 0.15) is 11.4 Å². The van der Waals surface area contributed by atoms with Crippen LogP contribution in [0.3, 0.4) is 0 Å². The summed E-state index contributed by atoms with van der Waals surface area (Å²) in [6.45, 7) is 0. The Balaban J connectivity index is 1.82. The molecule has 3 aromatic rings. The molecule has 0 aliphatic heterocycles. The molecule has 0 spiro atoms. The number of benzene rings is 1. The molecule has 0 aliphatic rings. The predicted molar refractivity (Wildman–Crippen MR) is 82.1 cm³/mol. The number of aromatic amines is 1. The van der Waals surface area contributed by atoms with E-state index in [9.17, 15) is 13.2 Å². The lowest BCUT2D eigenvalue weighted by Gasteiger charge is -2.08. The molecule has 2 aromatic heterocycles. The molecule has 1 N–H and O–H groups in total. The minimum atomic E-state index is -4.38. The van der Waals surface area contributed by atoms with E-state index in [1.165, 1.54) is 0 Å². The highest BCUT2D eigenvalue weighted by Gasteiger charge is 2.30. The zero-order chi connectivity index (χ0) is 16.4. The van der Waals surface area contributed by atoms with Gasteiger partial charge in [0.15, 0.2) is 4.77 Å². The number of rotatable bonds is 3. The molecule has 0 bridgehead atoms. The van der Waals surface area contributed by atoms with Gasteiger partial charge >= 0.3 is 6.18 Å². The first kappa shape index (κ1) is 15.8. The number of pyridine rings is 1. The lowest BCUT2D eigenvalue weighted by atomic mass is 10.3. The number of H-pyrrole nitrogens is 1. The maximum absolute atomic E-state index is 12.7. The van der Waals surface area contributed by atoms with Gasteiger partial charge in [-0.25, -0.2) is 4.98 Å². The SMILES string of the molecule is FC(F)(F)c1ccnc(Sc2ccc(-n3cn[nH]c3=S)cc2)c1. The van der Waals surface area contributed by atoms with E-state index in [4.69, 9.17) is 12.2 Å². The first-order valence-corrected chi connectivity index (χ1v) is 7.59. The lowest BCUT2D eigenvalue weighted by molar-refractivity contribution is -0.137. The summed E-state index contributed by atoms with van der Waals surface area (Å²) in [6, 6.07) is 9.18. The fourth-order valence-electron chi connectivity index (χ4n) is 1.87. The standard InChI is InChI=1S/C14H9F3N4S2/c15-14(16,17)9-5-6-18-12(7-9)23-11-3-1-10(2-4-11)21-8-19-20-13(21)22/h1-8H,(H,20,22). The average Bonchev–Trinajstić information content (AvgIpc) is 2.94. The quantitative estimate of drug-likeness (QED) is 0.704. The summed E-state index contributed by atoms with van der Waals surface area (Å²) >= 11 is 6.24. The van der Waals surface area contributed by atoms with Crippen molar-refractivity contribution < 1.29 is 13.2 Å². The second-order valence-corrected chi connectivity index (χ2v) is 5.99. The maximum Gasteiger partial charge on any atom is 0.416 e. The van der Waals surface area contributed by atoms with Gasteiger partial charge in [0.25, 0.3) is 0 Å². The Morgan fingerprint density at radius 3 is 2.48 bits per heavy atom. The highest BCUT2D eigenvalue weighted by molar-refractivity contribution is 7.99. The third kappa shape index (κ3) is 3.62. The topological polar surface area (TPSA) is 46.5 Å². The fourth-order valence-corrected chi connectivity index (χ4v) is 2.89. The lowest BCUT2D eigenvalue weighted by Crippen LogP contribution is -2.04. The third-order valence-corrected chi connectivity index (χ3v) is 4.18. The van der Waals surface area contributed by atoms with Crippen LogP contribution < -0.4 is 0 Å². The van der Waals surface area contributed by atoms with Gasteiger partial charge in [-0.05, 0) is 48.6 Å². The second kappa shape index (κ2) is 6.17. The summed E-state index contributed by atoms with van der Waals surface area (Å²) in [5, 5.41) is 6.77. The minimum absolute atomic E-state index is 0.285. The molecule has 2 heterocycles. The van der Waals surface area contributed by atoms with Crippen LogP contribution in [0.1, 0.15) is 5.56 Å². The largest absolute Gasteiger partial charge is 0.416 e. The number of nitrogens with zero attached hydrogens (tertiary/aromatic N) is 3. The van der Waals surface area contributed by atoms with Gasteiger partial charge in [0.2, 0.25) is 0 Å². The van der Waals surface area contributed by atoms with Crippen LogP contribution >= 0.6 is 24.0 Å². The Bertz CT molecular complexity index is 868. The fraction of sp³-hybridized carbons (Fsp3) is 0.0714. The number of hydrogen-bond donors (Lipinski definition) is 1. The zero-order valence-corrected chi connectivity index (χ0v) is 13.0. The molecular formula is C14H9F3N4S2. The number of aromatic nitrogens is 4. The predicted octanol–water partition coefficient (Wildman–Crippen LogP) is 4.49. The van der Waals surface area contributed by atoms with Crippen molar-refractivity contribution in [1.29, 1.82) is 0 Å². The Kier molecular flexibility index (Phi) is 4.22. The molecule has 4 nitrogen and oxygen atoms in total. The number of alkyl halides is 3. The smallest absolute Gasteiger partial charge is 0.275 e. The minimum Gasteiger partial charge on any atom is -0.275 e. The summed E-state index contributed by atoms with van der Waals surface area (Å²) in [5.74, 6) is 0. The zero-order valence-electron chi connectivity index (χ0n) is 11.4. The van der Waals surface area contributed by atoms with Crippen LogP contribution in [0.15, 0.2) is 58.8 Å². The van der Waals surface area contributed by atoms with E-state index in [1.807, 2.05) is 0 Å². The first-order valence-electron chi connectivity index (χ1n) is 6.37. The van der Waals surface area contributed by atoms with E-state index in [-0.39, 0.29) is 5.03 Å². The van der Waals surface area contributed by atoms with Crippen LogP contribution in [-0.2, 0) is 6.18 Å². The monoisotopic (exact) mass is 354 g/mol. The number of nitrogens with one attached hydrogen (secondary N) is 1. The van der Waals surface area contributed by atoms with Crippen molar-refractivity contribution in [2.45, 2.75) is 16.1 Å². The van der Waals surface area contributed by atoms with Gasteiger partial charge < -0.3 is 0 Å². The van der Waals surface area contributed by atoms with Crippen LogP contribution in [0.4, 0.5) is 13.2 Å². The average molecular weight is 354 g/mol. The Hall–Kier alpha value is -2.13. The second-order valence-electron chi connectivity index (χ2n) is 4.51. The highest BCUT2D eigenvalue weighted by atomic mass is 32.2. The molecule has 3 rings (SSSR count). The van der Waals surface area contributed by atoms with E-state index >= 15 is 0 Å². The molecule has 0 aliphatic carbocycles. The van der Waals surface area contributed by atoms with E-state index in [0.717, 1.165) is 40.7 Å². The summed E-state index contributed by atoms with van der Waals surface area (Å²) in [5.41, 5.74) is 0.0985. The molecule has 0 saturated carbocycles. The number of halogens is 3. The Morgan fingerprint density at radius 2 is 1.87 bits per heavy atom. The molecule has 0 fully saturated rings. The van der Waals surface area contributed by atoms with E-state index in [0.29, 0.717) is 4.77 Å². The maximum atomic E-state index is 12.7. The van der Waals surface area contributed by atoms with E-state index in [1.54, 1.807) is 35.2 Å². The molecule has 0 atom stereocenters. The third-order valence-electron chi connectivity index (χ3n) is 2.95. The summed E-state index contributed by atoms with van der Waals surface area (Å²) in [6.07, 6.45) is -1.66. The number of hydrogen-bond acceptors (Lipinski definition) is 4. The van der Waals surface area contributed by atoms with Gasteiger partial charge in [0.05, 0.1) is 5.56 Å². The van der Waals surface area contributed by atoms with Crippen molar-refractivity contribution in [3.63, 3.8) is 0 Å². The van der Waals surface area contributed by atoms with Crippen molar-refractivity contribution in [2.75, 3.05) is 0 Å². The molecule has 0 amide bonds. The molecule has 118 valence electrons. The van der Waals surface area contributed by atoms with Gasteiger partial charge in [-0.1, -0.05) is 11.8 Å². The molecular weight excluding hydrogens is 345 g/mol. The van der Waals surface area contributed by atoms with Crippen molar-refractivity contribution in [1.82, 2.24) is 19.7 Å². The Labute approximate surface area is 138 Å². The Morgan fingerprint density at radius 1 is 1.13 bits per heavy atom. The van der Waals surface area contributed by atoms with Crippen molar-refractivity contribution >= 4 is 24.0 Å². The van der Waals surface area contributed by atoms with Crippen molar-refractivity contribution in [3.8, 4) is 5.69 Å². The summed E-state index contributed by atoms with van der Waals surface area (Å²) in [7, 11) is 0. The van der Waals surface area contributed by atoms with Crippen LogP contribution in [0.25, 0.3) is 5.69 Å². The van der Waals surface area contributed by atoms with Crippen molar-refractivity contribution in [3.05, 3.63) is 59.3 Å². The van der Waals surface area contributed by atoms with Gasteiger partial charge in [-0.2, -0.15) is 18.3 Å². The van der Waals surface area contributed by atoms with Gasteiger partial charge in [-0.15, -0.1) is 0 Å². The van der Waals surface area contributed by atoms with E-state index in [2.05, 4.69) is 15.2 Å². The molecule has 0 saturated heterocycles. The summed E-state index contributed by atoms with van der Waals surface area (Å²) in [4.78, 5) is 4.73. The molecule has 1 aromatic carbocycles. The van der Waals surface area contributed by atoms with Crippen LogP contribution in [-0.4, -0.2) is 19.7 Å². The molecule has 0 radical (unpaired) electrons. The van der Waals surface area contributed by atoms with Crippen LogP contribution in [0.2, 0.25) is 0 Å². The van der Waals surface area contributed by atoms with Crippen LogP contribution in [0.5, 0.6) is 0 Å². The van der Waals surface area contributed by atoms with Crippen molar-refractivity contribution in [2.24, 2.45) is 0 Å². The molecule has 9 heteroatoms. The van der Waals surface area contributed by atoms with E-state index < -0.39 is 11.7 Å². The summed E-state index contributed by atoms with van der Waals surface area (Å²) < 4.78 is 40.2. The molecule has 23 heavy (non-hydrogen) atoms. The first-order chi connectivity index (χ1) is 10.9.